The molecule has 18 nitrogen and oxygen atoms in total. The van der Waals surface area contributed by atoms with Crippen molar-refractivity contribution in [3.05, 3.63) is 151 Å². The monoisotopic (exact) mass is 1160 g/mol. The van der Waals surface area contributed by atoms with Gasteiger partial charge in [0.25, 0.3) is 5.69 Å². The molecule has 0 spiro atoms. The Kier molecular flexibility index (Phi) is 27.1. The van der Waals surface area contributed by atoms with E-state index < -0.39 is 48.6 Å². The molecule has 0 saturated carbocycles. The van der Waals surface area contributed by atoms with Gasteiger partial charge >= 0.3 is 24.8 Å². The summed E-state index contributed by atoms with van der Waals surface area (Å²) in [6, 6.07) is 15.3. The van der Waals surface area contributed by atoms with E-state index >= 15 is 0 Å². The number of aliphatic hydroxyl groups excluding tert-OH is 4. The number of aliphatic hydroxyl groups is 4. The number of nitro groups is 1. The highest BCUT2D eigenvalue weighted by atomic mass is 35.5. The smallest absolute Gasteiger partial charge is 0.410 e. The first-order valence-electron chi connectivity index (χ1n) is 23.1. The molecular formula is C53H63Cl2F6N7O11. The third kappa shape index (κ3) is 20.9. The quantitative estimate of drug-likeness (QED) is 0.0310. The minimum atomic E-state index is -4.81. The topological polar surface area (TPSA) is 251 Å². The number of carbonyl (C=O) groups excluding carboxylic acids is 2. The highest BCUT2D eigenvalue weighted by molar-refractivity contribution is 6.32. The summed E-state index contributed by atoms with van der Waals surface area (Å²) in [6.45, 7) is 4.97. The summed E-state index contributed by atoms with van der Waals surface area (Å²) < 4.78 is 87.5. The summed E-state index contributed by atoms with van der Waals surface area (Å²) in [5.41, 5.74) is 5.20. The molecule has 5 aromatic rings. The van der Waals surface area contributed by atoms with Crippen LogP contribution >= 0.6 is 23.2 Å². The molecule has 26 heteroatoms. The number of hydrogen-bond donors (Lipinski definition) is 7. The molecule has 0 aliphatic carbocycles. The van der Waals surface area contributed by atoms with Crippen LogP contribution in [0.25, 0.3) is 11.1 Å². The van der Waals surface area contributed by atoms with Crippen LogP contribution in [0.2, 0.25) is 10.0 Å². The fraction of sp³-hybridized carbons (Fsp3) is 0.358. The molecule has 2 atom stereocenters. The second kappa shape index (κ2) is 31.5. The van der Waals surface area contributed by atoms with Crippen molar-refractivity contribution < 1.29 is 75.5 Å². The number of nitrogens with zero attached hydrogens (tertiary/aromatic N) is 4. The van der Waals surface area contributed by atoms with Crippen molar-refractivity contribution in [2.45, 2.75) is 86.7 Å². The molecule has 0 unspecified atom stereocenters. The van der Waals surface area contributed by atoms with Crippen molar-refractivity contribution in [3.63, 3.8) is 0 Å². The molecule has 2 aliphatic rings. The van der Waals surface area contributed by atoms with Gasteiger partial charge in [0.05, 0.1) is 39.6 Å². The number of anilines is 2. The number of urea groups is 1. The molecule has 432 valence electrons. The van der Waals surface area contributed by atoms with E-state index in [1.165, 1.54) is 60.8 Å². The van der Waals surface area contributed by atoms with Gasteiger partial charge in [-0.3, -0.25) is 25.4 Å². The maximum Gasteiger partial charge on any atom is 0.573 e. The van der Waals surface area contributed by atoms with Gasteiger partial charge < -0.3 is 50.2 Å². The molecule has 4 heterocycles. The van der Waals surface area contributed by atoms with Crippen LogP contribution in [-0.4, -0.2) is 104 Å². The summed E-state index contributed by atoms with van der Waals surface area (Å²) in [4.78, 5) is 44.5. The van der Waals surface area contributed by atoms with Gasteiger partial charge in [-0.1, -0.05) is 71.5 Å². The van der Waals surface area contributed by atoms with Crippen LogP contribution in [0.5, 0.6) is 17.2 Å². The molecule has 3 aromatic carbocycles. The van der Waals surface area contributed by atoms with Crippen molar-refractivity contribution in [3.8, 4) is 17.2 Å². The first-order chi connectivity index (χ1) is 36.0. The lowest BCUT2D eigenvalue weighted by molar-refractivity contribution is -0.384. The fourth-order valence-electron chi connectivity index (χ4n) is 7.26. The van der Waals surface area contributed by atoms with E-state index in [9.17, 15) is 56.3 Å². The number of nitro benzene ring substituents is 1. The largest absolute Gasteiger partial charge is 0.573 e. The summed E-state index contributed by atoms with van der Waals surface area (Å²) in [5.74, 6) is -0.578. The fourth-order valence-corrected chi connectivity index (χ4v) is 7.86. The van der Waals surface area contributed by atoms with E-state index in [0.29, 0.717) is 57.5 Å². The molecule has 0 bridgehead atoms. The zero-order chi connectivity index (χ0) is 55.7. The zero-order valence-corrected chi connectivity index (χ0v) is 41.9. The van der Waals surface area contributed by atoms with Gasteiger partial charge in [0.1, 0.15) is 29.5 Å². The number of rotatable bonds is 14. The molecule has 2 aromatic heterocycles. The van der Waals surface area contributed by atoms with Crippen molar-refractivity contribution >= 4 is 63.5 Å². The van der Waals surface area contributed by atoms with Crippen LogP contribution in [0.15, 0.2) is 97.3 Å². The summed E-state index contributed by atoms with van der Waals surface area (Å²) in [7, 11) is 0. The number of amides is 3. The molecule has 7 rings (SSSR count). The van der Waals surface area contributed by atoms with Gasteiger partial charge in [-0.15, -0.1) is 26.3 Å². The third-order valence-electron chi connectivity index (χ3n) is 11.1. The number of carbonyl (C=O) groups is 2. The molecule has 0 radical (unpaired) electrons. The van der Waals surface area contributed by atoms with Gasteiger partial charge in [0, 0.05) is 66.7 Å². The Bertz CT molecular complexity index is 2880. The molecule has 0 saturated heterocycles. The Morgan fingerprint density at radius 3 is 1.62 bits per heavy atom. The average Bonchev–Trinajstić information content (AvgIpc) is 3.39. The molecule has 7 N–H and O–H groups in total. The second-order valence-corrected chi connectivity index (χ2v) is 17.2. The van der Waals surface area contributed by atoms with E-state index in [1.54, 1.807) is 37.1 Å². The maximum absolute atomic E-state index is 12.6. The van der Waals surface area contributed by atoms with Crippen LogP contribution in [-0.2, 0) is 12.8 Å². The van der Waals surface area contributed by atoms with Crippen molar-refractivity contribution in [2.24, 2.45) is 0 Å². The van der Waals surface area contributed by atoms with Crippen molar-refractivity contribution in [2.75, 3.05) is 50.0 Å². The van der Waals surface area contributed by atoms with E-state index in [1.807, 2.05) is 6.08 Å². The number of nitrogens with one attached hydrogen (secondary N) is 3. The number of halogens is 8. The average molecular weight is 1160 g/mol. The van der Waals surface area contributed by atoms with Crippen LogP contribution in [0, 0.1) is 10.1 Å². The molecule has 79 heavy (non-hydrogen) atoms. The first kappa shape index (κ1) is 68.0. The van der Waals surface area contributed by atoms with Crippen molar-refractivity contribution in [1.82, 2.24) is 20.2 Å². The maximum atomic E-state index is 12.6. The van der Waals surface area contributed by atoms with Gasteiger partial charge in [0.15, 0.2) is 0 Å². The number of benzene rings is 3. The summed E-state index contributed by atoms with van der Waals surface area (Å²) >= 11 is 12.4. The predicted octanol–water partition coefficient (Wildman–Crippen LogP) is 12.3. The van der Waals surface area contributed by atoms with Gasteiger partial charge in [0.2, 0.25) is 0 Å². The lowest BCUT2D eigenvalue weighted by Crippen LogP contribution is -2.38. The van der Waals surface area contributed by atoms with Crippen molar-refractivity contribution in [1.29, 1.82) is 0 Å². The van der Waals surface area contributed by atoms with Gasteiger partial charge in [-0.2, -0.15) is 0 Å². The Labute approximate surface area is 462 Å². The lowest BCUT2D eigenvalue weighted by Gasteiger charge is -2.27. The number of aromatic nitrogens is 2. The Morgan fingerprint density at radius 2 is 1.23 bits per heavy atom. The second-order valence-electron chi connectivity index (χ2n) is 16.3. The van der Waals surface area contributed by atoms with Crippen LogP contribution < -0.4 is 30.2 Å². The van der Waals surface area contributed by atoms with Crippen LogP contribution in [0.1, 0.15) is 94.8 Å². The van der Waals surface area contributed by atoms with Gasteiger partial charge in [-0.05, 0) is 115 Å². The Hall–Kier alpha value is -7.06. The highest BCUT2D eigenvalue weighted by Gasteiger charge is 2.33. The summed E-state index contributed by atoms with van der Waals surface area (Å²) in [6.07, 6.45) is -3.66. The minimum absolute atomic E-state index is 0. The molecular weight excluding hydrogens is 1100 g/mol. The normalized spacial score (nSPS) is 13.7. The lowest BCUT2D eigenvalue weighted by atomic mass is 10.0. The number of aryl methyl sites for hydroxylation is 2. The van der Waals surface area contributed by atoms with E-state index in [4.69, 9.17) is 38.2 Å². The zero-order valence-electron chi connectivity index (χ0n) is 40.4. The van der Waals surface area contributed by atoms with Gasteiger partial charge in [-0.25, -0.2) is 9.59 Å². The number of ether oxygens (including phenoxy) is 3. The summed E-state index contributed by atoms with van der Waals surface area (Å²) in [5, 5.41) is 56.8. The van der Waals surface area contributed by atoms with Crippen LogP contribution in [0.4, 0.5) is 53.0 Å². The standard InChI is InChI=1S/C22H23ClF3N3O4.C16H13F3N2O5.C12H15ClN2O2.3CH4/c1-2-13-9-16(3-4-19(13)33-22(24,25)26)28-21(32)29-7-5-14(6-8-29)20-17(23)10-15(11-27-20)18(31)12-30;1-2-10-9-11(3-8-14(10)26-16(17,18)19)20-15(22)25-13-6-4-12(5-7-13)21(23)24;13-10-5-9(11(17)7-16)6-15-12(10)8-1-3-14-4-2-8;;;/h3-5,9-11,18,30-31H,2,6-8,12H2,1H3,(H,28,32);3-9H,2H2,1H3,(H,20,22);1,5-6,11,14,16-17H,2-4,7H2;3*1H4/t18-;;11-;;;/m1.1.../s1. The predicted molar refractivity (Wildman–Crippen MR) is 289 cm³/mol. The first-order valence-corrected chi connectivity index (χ1v) is 23.8. The number of non-ortho nitro benzene ring substituents is 1. The molecule has 3 amide bonds. The van der Waals surface area contributed by atoms with Crippen LogP contribution in [0.3, 0.4) is 0 Å². The van der Waals surface area contributed by atoms with E-state index in [2.05, 4.69) is 41.5 Å². The SMILES string of the molecule is C.C.C.CCc1cc(NC(=O)N2CC=C(c3ncc([C@H](O)CO)cc3Cl)CC2)ccc1OC(F)(F)F.CCc1cc(NC(=O)Oc2ccc([N+](=O)[O-])cc2)ccc1OC(F)(F)F.OC[C@@H](O)c1cnc(C2=CCNCC2)c(Cl)c1. The Balaban J connectivity index is 0.000000416. The van der Waals surface area contributed by atoms with E-state index in [0.717, 1.165) is 42.4 Å². The molecule has 0 fully saturated rings. The number of hydrogen-bond acceptors (Lipinski definition) is 14. The third-order valence-corrected chi connectivity index (χ3v) is 11.7. The highest BCUT2D eigenvalue weighted by Crippen LogP contribution is 2.33. The van der Waals surface area contributed by atoms with E-state index in [-0.39, 0.29) is 76.0 Å². The number of alkyl halides is 6. The number of pyridine rings is 2. The minimum Gasteiger partial charge on any atom is -0.410 e. The Morgan fingerprint density at radius 1 is 0.747 bits per heavy atom. The molecule has 2 aliphatic heterocycles.